The Balaban J connectivity index is 2.36. The second kappa shape index (κ2) is 5.83. The van der Waals surface area contributed by atoms with Crippen LogP contribution in [-0.2, 0) is 6.54 Å². The van der Waals surface area contributed by atoms with Crippen LogP contribution in [0.2, 0.25) is 0 Å². The Hall–Kier alpha value is -2.56. The summed E-state index contributed by atoms with van der Waals surface area (Å²) in [6, 6.07) is 9.54. The number of primary amides is 1. The van der Waals surface area contributed by atoms with Gasteiger partial charge in [-0.1, -0.05) is 12.1 Å². The molecule has 0 aliphatic carbocycles. The van der Waals surface area contributed by atoms with Gasteiger partial charge in [-0.2, -0.15) is 0 Å². The lowest BCUT2D eigenvalue weighted by molar-refractivity contribution is 0.1000. The predicted molar refractivity (Wildman–Crippen MR) is 85.2 cm³/mol. The van der Waals surface area contributed by atoms with Gasteiger partial charge < -0.3 is 16.4 Å². The van der Waals surface area contributed by atoms with Crippen LogP contribution < -0.4 is 16.4 Å². The van der Waals surface area contributed by atoms with Crippen molar-refractivity contribution in [2.24, 2.45) is 5.73 Å². The largest absolute Gasteiger partial charge is 0.399 e. The number of benzene rings is 1. The lowest BCUT2D eigenvalue weighted by Crippen LogP contribution is -2.23. The molecule has 0 atom stereocenters. The normalized spacial score (nSPS) is 10.4. The summed E-state index contributed by atoms with van der Waals surface area (Å²) in [5.41, 5.74) is 15.8. The molecule has 0 radical (unpaired) electrons. The Morgan fingerprint density at radius 1 is 1.24 bits per heavy atom. The van der Waals surface area contributed by atoms with Gasteiger partial charge in [-0.05, 0) is 37.6 Å². The van der Waals surface area contributed by atoms with E-state index in [1.54, 1.807) is 6.92 Å². The second-order valence-electron chi connectivity index (χ2n) is 5.21. The predicted octanol–water partition coefficient (Wildman–Crippen LogP) is 2.02. The van der Waals surface area contributed by atoms with Gasteiger partial charge in [0, 0.05) is 25.0 Å². The van der Waals surface area contributed by atoms with Crippen LogP contribution in [0.4, 0.5) is 11.4 Å². The molecular formula is C16H20N4O. The zero-order valence-electron chi connectivity index (χ0n) is 12.6. The van der Waals surface area contributed by atoms with E-state index >= 15 is 0 Å². The van der Waals surface area contributed by atoms with Crippen LogP contribution in [0, 0.1) is 13.8 Å². The molecule has 1 aromatic carbocycles. The van der Waals surface area contributed by atoms with Gasteiger partial charge in [-0.3, -0.25) is 9.78 Å². The quantitative estimate of drug-likeness (QED) is 0.841. The number of anilines is 2. The van der Waals surface area contributed by atoms with E-state index in [1.807, 2.05) is 49.2 Å². The van der Waals surface area contributed by atoms with E-state index in [0.29, 0.717) is 17.8 Å². The summed E-state index contributed by atoms with van der Waals surface area (Å²) in [6.45, 7) is 4.36. The Kier molecular flexibility index (Phi) is 4.12. The number of carbonyl (C=O) groups excluding carboxylic acids is 1. The molecule has 0 unspecified atom stereocenters. The molecule has 21 heavy (non-hydrogen) atoms. The first-order valence-corrected chi connectivity index (χ1v) is 6.72. The van der Waals surface area contributed by atoms with Crippen molar-refractivity contribution in [2.75, 3.05) is 17.7 Å². The first-order valence-electron chi connectivity index (χ1n) is 6.72. The SMILES string of the molecule is Cc1cc(N(C)Cc2ccc(N)cc2)c(C(N)=O)c(C)n1. The summed E-state index contributed by atoms with van der Waals surface area (Å²) in [4.78, 5) is 18.0. The fourth-order valence-corrected chi connectivity index (χ4v) is 2.40. The minimum atomic E-state index is -0.459. The number of nitrogens with zero attached hydrogens (tertiary/aromatic N) is 2. The summed E-state index contributed by atoms with van der Waals surface area (Å²) < 4.78 is 0. The molecule has 0 bridgehead atoms. The highest BCUT2D eigenvalue weighted by molar-refractivity contribution is 5.99. The Labute approximate surface area is 124 Å². The van der Waals surface area contributed by atoms with Gasteiger partial charge in [0.2, 0.25) is 0 Å². The van der Waals surface area contributed by atoms with Gasteiger partial charge in [0.25, 0.3) is 5.91 Å². The van der Waals surface area contributed by atoms with Gasteiger partial charge in [0.05, 0.1) is 16.9 Å². The lowest BCUT2D eigenvalue weighted by atomic mass is 10.1. The maximum Gasteiger partial charge on any atom is 0.252 e. The van der Waals surface area contributed by atoms with Crippen LogP contribution in [-0.4, -0.2) is 17.9 Å². The molecule has 1 amide bonds. The zero-order chi connectivity index (χ0) is 15.6. The molecule has 0 aliphatic heterocycles. The van der Waals surface area contributed by atoms with Crippen molar-refractivity contribution >= 4 is 17.3 Å². The topological polar surface area (TPSA) is 85.2 Å². The van der Waals surface area contributed by atoms with Crippen LogP contribution in [0.15, 0.2) is 30.3 Å². The Bertz CT molecular complexity index is 665. The first-order chi connectivity index (χ1) is 9.88. The number of aromatic nitrogens is 1. The molecular weight excluding hydrogens is 264 g/mol. The van der Waals surface area contributed by atoms with Crippen molar-refractivity contribution in [1.82, 2.24) is 4.98 Å². The summed E-state index contributed by atoms with van der Waals surface area (Å²) >= 11 is 0. The van der Waals surface area contributed by atoms with Crippen molar-refractivity contribution in [3.05, 3.63) is 52.8 Å². The molecule has 0 spiro atoms. The number of aryl methyl sites for hydroxylation is 2. The van der Waals surface area contributed by atoms with E-state index in [2.05, 4.69) is 4.98 Å². The standard InChI is InChI=1S/C16H20N4O/c1-10-8-14(15(16(18)21)11(2)19-10)20(3)9-12-4-6-13(17)7-5-12/h4-8H,9,17H2,1-3H3,(H2,18,21). The fourth-order valence-electron chi connectivity index (χ4n) is 2.40. The van der Waals surface area contributed by atoms with Gasteiger partial charge >= 0.3 is 0 Å². The fraction of sp³-hybridized carbons (Fsp3) is 0.250. The van der Waals surface area contributed by atoms with Gasteiger partial charge in [0.1, 0.15) is 0 Å². The second-order valence-corrected chi connectivity index (χ2v) is 5.21. The Morgan fingerprint density at radius 3 is 2.43 bits per heavy atom. The van der Waals surface area contributed by atoms with Crippen LogP contribution >= 0.6 is 0 Å². The number of nitrogens with two attached hydrogens (primary N) is 2. The lowest BCUT2D eigenvalue weighted by Gasteiger charge is -2.23. The van der Waals surface area contributed by atoms with E-state index in [4.69, 9.17) is 11.5 Å². The smallest absolute Gasteiger partial charge is 0.252 e. The molecule has 2 rings (SSSR count). The van der Waals surface area contributed by atoms with E-state index in [0.717, 1.165) is 22.6 Å². The molecule has 0 aliphatic rings. The molecule has 0 saturated carbocycles. The van der Waals surface area contributed by atoms with Gasteiger partial charge in [-0.15, -0.1) is 0 Å². The molecule has 0 fully saturated rings. The average molecular weight is 284 g/mol. The number of rotatable bonds is 4. The highest BCUT2D eigenvalue weighted by atomic mass is 16.1. The minimum absolute atomic E-state index is 0.459. The number of amides is 1. The van der Waals surface area contributed by atoms with E-state index in [-0.39, 0.29) is 0 Å². The third kappa shape index (κ3) is 3.31. The van der Waals surface area contributed by atoms with Crippen LogP contribution in [0.1, 0.15) is 27.3 Å². The number of nitrogen functional groups attached to an aromatic ring is 1. The maximum absolute atomic E-state index is 11.7. The van der Waals surface area contributed by atoms with Crippen molar-refractivity contribution in [3.8, 4) is 0 Å². The van der Waals surface area contributed by atoms with Crippen molar-refractivity contribution < 1.29 is 4.79 Å². The number of pyridine rings is 1. The highest BCUT2D eigenvalue weighted by Gasteiger charge is 2.16. The monoisotopic (exact) mass is 284 g/mol. The molecule has 4 N–H and O–H groups in total. The average Bonchev–Trinajstić information content (AvgIpc) is 2.39. The van der Waals surface area contributed by atoms with Crippen LogP contribution in [0.3, 0.4) is 0 Å². The van der Waals surface area contributed by atoms with Crippen LogP contribution in [0.25, 0.3) is 0 Å². The van der Waals surface area contributed by atoms with E-state index in [9.17, 15) is 4.79 Å². The zero-order valence-corrected chi connectivity index (χ0v) is 12.6. The maximum atomic E-state index is 11.7. The minimum Gasteiger partial charge on any atom is -0.399 e. The summed E-state index contributed by atoms with van der Waals surface area (Å²) in [5, 5.41) is 0. The Morgan fingerprint density at radius 2 is 1.86 bits per heavy atom. The molecule has 5 nitrogen and oxygen atoms in total. The van der Waals surface area contributed by atoms with Crippen molar-refractivity contribution in [1.29, 1.82) is 0 Å². The molecule has 1 aromatic heterocycles. The van der Waals surface area contributed by atoms with E-state index in [1.165, 1.54) is 0 Å². The number of hydrogen-bond donors (Lipinski definition) is 2. The molecule has 1 heterocycles. The van der Waals surface area contributed by atoms with Crippen molar-refractivity contribution in [3.63, 3.8) is 0 Å². The van der Waals surface area contributed by atoms with Crippen molar-refractivity contribution in [2.45, 2.75) is 20.4 Å². The van der Waals surface area contributed by atoms with Gasteiger partial charge in [-0.25, -0.2) is 0 Å². The molecule has 2 aromatic rings. The molecule has 0 saturated heterocycles. The summed E-state index contributed by atoms with van der Waals surface area (Å²) in [6.07, 6.45) is 0. The number of hydrogen-bond acceptors (Lipinski definition) is 4. The van der Waals surface area contributed by atoms with Crippen LogP contribution in [0.5, 0.6) is 0 Å². The third-order valence-corrected chi connectivity index (χ3v) is 3.36. The number of carbonyl (C=O) groups is 1. The first kappa shape index (κ1) is 14.8. The summed E-state index contributed by atoms with van der Waals surface area (Å²) in [7, 11) is 1.93. The molecule has 110 valence electrons. The van der Waals surface area contributed by atoms with Gasteiger partial charge in [0.15, 0.2) is 0 Å². The summed E-state index contributed by atoms with van der Waals surface area (Å²) in [5.74, 6) is -0.459. The highest BCUT2D eigenvalue weighted by Crippen LogP contribution is 2.24. The molecule has 5 heteroatoms. The third-order valence-electron chi connectivity index (χ3n) is 3.36. The van der Waals surface area contributed by atoms with E-state index < -0.39 is 5.91 Å².